The van der Waals surface area contributed by atoms with E-state index in [2.05, 4.69) is 21.7 Å². The van der Waals surface area contributed by atoms with Crippen molar-refractivity contribution >= 4 is 0 Å². The Kier molecular flexibility index (Phi) is 3.17. The predicted molar refractivity (Wildman–Crippen MR) is 56.2 cm³/mol. The van der Waals surface area contributed by atoms with Gasteiger partial charge >= 0.3 is 0 Å². The molecule has 1 aliphatic heterocycles. The second-order valence-electron chi connectivity index (χ2n) is 4.10. The Morgan fingerprint density at radius 2 is 2.14 bits per heavy atom. The maximum absolute atomic E-state index is 4.29. The first-order valence-corrected chi connectivity index (χ1v) is 5.82. The summed E-state index contributed by atoms with van der Waals surface area (Å²) in [5.41, 5.74) is 0. The fourth-order valence-corrected chi connectivity index (χ4v) is 2.07. The Balaban J connectivity index is 2.12. The van der Waals surface area contributed by atoms with E-state index in [-0.39, 0.29) is 0 Å². The molecule has 0 N–H and O–H groups in total. The third-order valence-corrected chi connectivity index (χ3v) is 2.94. The lowest BCUT2D eigenvalue weighted by atomic mass is 10.2. The molecule has 1 aliphatic rings. The molecule has 0 amide bonds. The number of unbranched alkanes of at least 4 members (excludes halogenated alkanes) is 1. The van der Waals surface area contributed by atoms with Crippen molar-refractivity contribution in [3.05, 3.63) is 11.6 Å². The molecule has 1 aromatic heterocycles. The van der Waals surface area contributed by atoms with Crippen LogP contribution in [0.3, 0.4) is 0 Å². The molecule has 0 aliphatic carbocycles. The second-order valence-corrected chi connectivity index (χ2v) is 4.10. The minimum absolute atomic E-state index is 1.10. The van der Waals surface area contributed by atoms with Gasteiger partial charge < -0.3 is 4.57 Å². The SMILES string of the molecule is CCCCc1nnc2n1CCCCC2. The summed E-state index contributed by atoms with van der Waals surface area (Å²) in [5.74, 6) is 2.43. The third kappa shape index (κ3) is 1.97. The zero-order chi connectivity index (χ0) is 9.80. The van der Waals surface area contributed by atoms with E-state index in [1.54, 1.807) is 0 Å². The first-order chi connectivity index (χ1) is 6.92. The minimum Gasteiger partial charge on any atom is -0.315 e. The van der Waals surface area contributed by atoms with Gasteiger partial charge in [-0.25, -0.2) is 0 Å². The van der Waals surface area contributed by atoms with Crippen LogP contribution in [0, 0.1) is 0 Å². The fourth-order valence-electron chi connectivity index (χ4n) is 2.07. The van der Waals surface area contributed by atoms with Crippen LogP contribution in [0.2, 0.25) is 0 Å². The fraction of sp³-hybridized carbons (Fsp3) is 0.818. The molecular weight excluding hydrogens is 174 g/mol. The molecule has 0 saturated heterocycles. The number of fused-ring (bicyclic) bond motifs is 1. The lowest BCUT2D eigenvalue weighted by molar-refractivity contribution is 0.594. The summed E-state index contributed by atoms with van der Waals surface area (Å²) in [5, 5.41) is 8.57. The van der Waals surface area contributed by atoms with E-state index in [0.717, 1.165) is 19.4 Å². The van der Waals surface area contributed by atoms with Crippen molar-refractivity contribution in [3.63, 3.8) is 0 Å². The Labute approximate surface area is 85.5 Å². The van der Waals surface area contributed by atoms with Crippen LogP contribution in [-0.4, -0.2) is 14.8 Å². The number of rotatable bonds is 3. The molecule has 14 heavy (non-hydrogen) atoms. The van der Waals surface area contributed by atoms with Crippen LogP contribution in [0.25, 0.3) is 0 Å². The number of nitrogens with zero attached hydrogens (tertiary/aromatic N) is 3. The van der Waals surface area contributed by atoms with Gasteiger partial charge in [-0.05, 0) is 19.3 Å². The summed E-state index contributed by atoms with van der Waals surface area (Å²) in [7, 11) is 0. The average molecular weight is 193 g/mol. The maximum Gasteiger partial charge on any atom is 0.132 e. The molecule has 78 valence electrons. The number of hydrogen-bond donors (Lipinski definition) is 0. The molecule has 0 atom stereocenters. The molecule has 0 saturated carbocycles. The van der Waals surface area contributed by atoms with Gasteiger partial charge in [0.05, 0.1) is 0 Å². The Bertz CT molecular complexity index is 291. The molecule has 2 heterocycles. The van der Waals surface area contributed by atoms with Crippen LogP contribution >= 0.6 is 0 Å². The topological polar surface area (TPSA) is 30.7 Å². The van der Waals surface area contributed by atoms with Crippen molar-refractivity contribution in [3.8, 4) is 0 Å². The van der Waals surface area contributed by atoms with Gasteiger partial charge in [-0.1, -0.05) is 19.8 Å². The number of aryl methyl sites for hydroxylation is 2. The highest BCUT2D eigenvalue weighted by Gasteiger charge is 2.13. The lowest BCUT2D eigenvalue weighted by Crippen LogP contribution is -2.05. The van der Waals surface area contributed by atoms with Crippen LogP contribution < -0.4 is 0 Å². The highest BCUT2D eigenvalue weighted by atomic mass is 15.3. The van der Waals surface area contributed by atoms with Crippen LogP contribution in [-0.2, 0) is 19.4 Å². The molecule has 0 spiro atoms. The predicted octanol–water partition coefficient (Wildman–Crippen LogP) is 2.35. The van der Waals surface area contributed by atoms with Gasteiger partial charge in [0.15, 0.2) is 0 Å². The quantitative estimate of drug-likeness (QED) is 0.737. The van der Waals surface area contributed by atoms with Crippen LogP contribution in [0.4, 0.5) is 0 Å². The molecule has 0 aromatic carbocycles. The van der Waals surface area contributed by atoms with Crippen LogP contribution in [0.5, 0.6) is 0 Å². The van der Waals surface area contributed by atoms with E-state index < -0.39 is 0 Å². The first-order valence-electron chi connectivity index (χ1n) is 5.82. The zero-order valence-corrected chi connectivity index (χ0v) is 9.00. The van der Waals surface area contributed by atoms with Crippen molar-refractivity contribution in [1.82, 2.24) is 14.8 Å². The lowest BCUT2D eigenvalue weighted by Gasteiger charge is -2.05. The van der Waals surface area contributed by atoms with E-state index in [0.29, 0.717) is 0 Å². The van der Waals surface area contributed by atoms with Gasteiger partial charge in [-0.3, -0.25) is 0 Å². The molecule has 3 heteroatoms. The second kappa shape index (κ2) is 4.58. The Morgan fingerprint density at radius 1 is 1.21 bits per heavy atom. The molecule has 0 unspecified atom stereocenters. The molecule has 0 bridgehead atoms. The molecule has 2 rings (SSSR count). The van der Waals surface area contributed by atoms with Crippen LogP contribution in [0.1, 0.15) is 50.7 Å². The maximum atomic E-state index is 4.29. The summed E-state index contributed by atoms with van der Waals surface area (Å²) in [6, 6.07) is 0. The molecule has 0 fully saturated rings. The van der Waals surface area contributed by atoms with Crippen molar-refractivity contribution in [2.75, 3.05) is 0 Å². The highest BCUT2D eigenvalue weighted by molar-refractivity contribution is 4.97. The summed E-state index contributed by atoms with van der Waals surface area (Å²) in [6.45, 7) is 3.36. The van der Waals surface area contributed by atoms with E-state index in [1.165, 1.54) is 43.8 Å². The van der Waals surface area contributed by atoms with E-state index in [9.17, 15) is 0 Å². The van der Waals surface area contributed by atoms with Gasteiger partial charge in [-0.15, -0.1) is 10.2 Å². The van der Waals surface area contributed by atoms with Crippen molar-refractivity contribution in [2.45, 2.75) is 58.4 Å². The molecule has 3 nitrogen and oxygen atoms in total. The molecular formula is C11H19N3. The third-order valence-electron chi connectivity index (χ3n) is 2.94. The number of aromatic nitrogens is 3. The largest absolute Gasteiger partial charge is 0.315 e. The van der Waals surface area contributed by atoms with Crippen molar-refractivity contribution < 1.29 is 0 Å². The van der Waals surface area contributed by atoms with Crippen molar-refractivity contribution in [2.24, 2.45) is 0 Å². The summed E-state index contributed by atoms with van der Waals surface area (Å²) in [4.78, 5) is 0. The molecule has 0 radical (unpaired) electrons. The Morgan fingerprint density at radius 3 is 3.00 bits per heavy atom. The summed E-state index contributed by atoms with van der Waals surface area (Å²) in [6.07, 6.45) is 8.62. The number of hydrogen-bond acceptors (Lipinski definition) is 2. The minimum atomic E-state index is 1.10. The summed E-state index contributed by atoms with van der Waals surface area (Å²) >= 11 is 0. The highest BCUT2D eigenvalue weighted by Crippen LogP contribution is 2.15. The van der Waals surface area contributed by atoms with E-state index >= 15 is 0 Å². The Hall–Kier alpha value is -0.860. The van der Waals surface area contributed by atoms with Gasteiger partial charge in [-0.2, -0.15) is 0 Å². The van der Waals surface area contributed by atoms with Gasteiger partial charge in [0.25, 0.3) is 0 Å². The molecule has 1 aromatic rings. The van der Waals surface area contributed by atoms with E-state index in [4.69, 9.17) is 0 Å². The van der Waals surface area contributed by atoms with E-state index in [1.807, 2.05) is 0 Å². The van der Waals surface area contributed by atoms with Gasteiger partial charge in [0.2, 0.25) is 0 Å². The van der Waals surface area contributed by atoms with Crippen molar-refractivity contribution in [1.29, 1.82) is 0 Å². The first kappa shape index (κ1) is 9.69. The standard InChI is InChI=1S/C11H19N3/c1-2-3-7-10-12-13-11-8-5-4-6-9-14(10)11/h2-9H2,1H3. The average Bonchev–Trinajstić information content (AvgIpc) is 2.45. The monoisotopic (exact) mass is 193 g/mol. The van der Waals surface area contributed by atoms with Gasteiger partial charge in [0.1, 0.15) is 11.6 Å². The van der Waals surface area contributed by atoms with Gasteiger partial charge in [0, 0.05) is 19.4 Å². The zero-order valence-electron chi connectivity index (χ0n) is 9.00. The smallest absolute Gasteiger partial charge is 0.132 e. The summed E-state index contributed by atoms with van der Waals surface area (Å²) < 4.78 is 2.35. The van der Waals surface area contributed by atoms with Crippen LogP contribution in [0.15, 0.2) is 0 Å². The normalized spacial score (nSPS) is 16.4.